The van der Waals surface area contributed by atoms with E-state index < -0.39 is 37.0 Å². The van der Waals surface area contributed by atoms with Gasteiger partial charge in [-0.25, -0.2) is 0 Å². The number of esters is 1. The van der Waals surface area contributed by atoms with Crippen LogP contribution in [0.3, 0.4) is 0 Å². The Hall–Kier alpha value is -0.650. The van der Waals surface area contributed by atoms with Crippen LogP contribution in [0.1, 0.15) is 90.5 Å². The van der Waals surface area contributed by atoms with E-state index in [4.69, 9.17) is 8.85 Å². The van der Waals surface area contributed by atoms with E-state index in [1.807, 2.05) is 6.92 Å². The second kappa shape index (κ2) is 9.09. The zero-order chi connectivity index (χ0) is 26.8. The monoisotopic (exact) mass is 467 g/mol. The Morgan fingerprint density at radius 2 is 1.67 bits per heavy atom. The van der Waals surface area contributed by atoms with Crippen molar-refractivity contribution in [3.63, 3.8) is 0 Å². The molecule has 1 unspecified atom stereocenters. The zero-order valence-corrected chi connectivity index (χ0v) is 21.2. The molecule has 0 aromatic carbocycles. The van der Waals surface area contributed by atoms with E-state index in [1.165, 1.54) is 0 Å². The summed E-state index contributed by atoms with van der Waals surface area (Å²) in [4.78, 5) is 13.0. The summed E-state index contributed by atoms with van der Waals surface area (Å²) in [5, 5.41) is 32.5. The summed E-state index contributed by atoms with van der Waals surface area (Å²) in [5.74, 6) is -0.575. The molecule has 1 heterocycles. The lowest BCUT2D eigenvalue weighted by molar-refractivity contribution is -0.155. The molecule has 3 aliphatic carbocycles. The number of hydrogen-bond donors (Lipinski definition) is 3. The molecule has 190 valence electrons. The molecule has 3 N–H and O–H groups in total. The number of cyclic esters (lactones) is 1. The fourth-order valence-corrected chi connectivity index (χ4v) is 8.80. The van der Waals surface area contributed by atoms with Crippen molar-refractivity contribution in [3.05, 3.63) is 0 Å². The minimum atomic E-state index is -2.17. The molecule has 1 saturated heterocycles. The van der Waals surface area contributed by atoms with Crippen molar-refractivity contribution in [1.82, 2.24) is 0 Å². The van der Waals surface area contributed by atoms with Crippen molar-refractivity contribution in [3.8, 4) is 0 Å². The molecule has 33 heavy (non-hydrogen) atoms. The standard InChI is InChI=1S/C28H48O5/c1-15(2)16(3)24(30)25(31)17(4)20-7-8-21-19-14-33-26(32)23-13-18(29)9-11-28(23,6)22(19)10-12-27(20,21)5/h15-25,29-31H,7-14H2,1-6H3/t16-,17-,18+,19-,20+,21-,22-,23+,24+,25+,27+,28+/m0/s1/i1D3/t15?,16-,17-,18+,19-,20+,21-,22-,23+,24+,25+,27+,28+. The van der Waals surface area contributed by atoms with Crippen LogP contribution in [0.5, 0.6) is 0 Å². The summed E-state index contributed by atoms with van der Waals surface area (Å²) in [6.45, 7) is 8.19. The number of aliphatic hydroxyl groups is 3. The van der Waals surface area contributed by atoms with Crippen LogP contribution in [0.25, 0.3) is 0 Å². The molecular formula is C28H48O5. The summed E-state index contributed by atoms with van der Waals surface area (Å²) in [5.41, 5.74) is -0.185. The molecule has 4 rings (SSSR count). The first kappa shape index (κ1) is 21.6. The average Bonchev–Trinajstić information content (AvgIpc) is 3.12. The molecule has 5 heteroatoms. The molecule has 4 aliphatic rings. The van der Waals surface area contributed by atoms with Crippen molar-refractivity contribution in [1.29, 1.82) is 0 Å². The van der Waals surface area contributed by atoms with Crippen molar-refractivity contribution < 1.29 is 29.0 Å². The molecule has 0 amide bonds. The SMILES string of the molecule is [2H]C([2H])([2H])C(C)[C@H](C)[C@@H](O)[C@H](O)[C@@H](C)[C@H]1CC[C@H]2[C@@H]3COC(=O)[C@H]4C[C@H](O)CC[C@]4(C)[C@H]3CC[C@]12C. The van der Waals surface area contributed by atoms with Crippen molar-refractivity contribution in [2.45, 2.75) is 105 Å². The van der Waals surface area contributed by atoms with E-state index in [2.05, 4.69) is 13.8 Å². The molecule has 0 aromatic heterocycles. The smallest absolute Gasteiger partial charge is 0.309 e. The number of fused-ring (bicyclic) bond motifs is 5. The van der Waals surface area contributed by atoms with Gasteiger partial charge in [0.25, 0.3) is 0 Å². The predicted octanol–water partition coefficient (Wildman–Crippen LogP) is 4.42. The second-order valence-electron chi connectivity index (χ2n) is 12.7. The number of rotatable bonds is 5. The Morgan fingerprint density at radius 1 is 1.00 bits per heavy atom. The number of aliphatic hydroxyl groups excluding tert-OH is 3. The Morgan fingerprint density at radius 3 is 2.36 bits per heavy atom. The maximum atomic E-state index is 13.0. The van der Waals surface area contributed by atoms with Gasteiger partial charge in [0.05, 0.1) is 30.8 Å². The Kier molecular flexibility index (Phi) is 5.96. The minimum Gasteiger partial charge on any atom is -0.465 e. The summed E-state index contributed by atoms with van der Waals surface area (Å²) in [7, 11) is 0. The summed E-state index contributed by atoms with van der Waals surface area (Å²) < 4.78 is 29.1. The van der Waals surface area contributed by atoms with E-state index >= 15 is 0 Å². The Labute approximate surface area is 204 Å². The summed E-state index contributed by atoms with van der Waals surface area (Å²) in [6, 6.07) is 0. The molecule has 0 aromatic rings. The third-order valence-electron chi connectivity index (χ3n) is 11.2. The fraction of sp³-hybridized carbons (Fsp3) is 0.964. The van der Waals surface area contributed by atoms with Gasteiger partial charge >= 0.3 is 5.97 Å². The first-order valence-corrected chi connectivity index (χ1v) is 13.3. The molecule has 0 bridgehead atoms. The van der Waals surface area contributed by atoms with Crippen molar-refractivity contribution in [2.75, 3.05) is 6.61 Å². The Bertz CT molecular complexity index is 819. The molecule has 0 spiro atoms. The normalized spacial score (nSPS) is 49.5. The number of carbonyl (C=O) groups excluding carboxylic acids is 1. The van der Waals surface area contributed by atoms with E-state index in [-0.39, 0.29) is 40.5 Å². The largest absolute Gasteiger partial charge is 0.465 e. The number of carbonyl (C=O) groups is 1. The van der Waals surface area contributed by atoms with Gasteiger partial charge in [0.15, 0.2) is 0 Å². The number of hydrogen-bond acceptors (Lipinski definition) is 5. The maximum Gasteiger partial charge on any atom is 0.309 e. The van der Waals surface area contributed by atoms with Gasteiger partial charge in [0.1, 0.15) is 0 Å². The van der Waals surface area contributed by atoms with Crippen LogP contribution < -0.4 is 0 Å². The predicted molar refractivity (Wildman–Crippen MR) is 128 cm³/mol. The Balaban J connectivity index is 1.53. The molecule has 13 atom stereocenters. The first-order valence-electron chi connectivity index (χ1n) is 14.8. The van der Waals surface area contributed by atoms with Crippen molar-refractivity contribution >= 4 is 5.97 Å². The fourth-order valence-electron chi connectivity index (χ4n) is 8.80. The van der Waals surface area contributed by atoms with Gasteiger partial charge in [-0.05, 0) is 97.2 Å². The van der Waals surface area contributed by atoms with Gasteiger partial charge < -0.3 is 20.1 Å². The topological polar surface area (TPSA) is 87.0 Å². The highest BCUT2D eigenvalue weighted by atomic mass is 16.5. The molecular weight excluding hydrogens is 416 g/mol. The van der Waals surface area contributed by atoms with Gasteiger partial charge in [-0.3, -0.25) is 4.79 Å². The average molecular weight is 468 g/mol. The van der Waals surface area contributed by atoms with Gasteiger partial charge in [-0.15, -0.1) is 0 Å². The lowest BCUT2D eigenvalue weighted by Crippen LogP contribution is -2.52. The molecule has 5 nitrogen and oxygen atoms in total. The highest BCUT2D eigenvalue weighted by Crippen LogP contribution is 2.66. The van der Waals surface area contributed by atoms with Crippen LogP contribution in [0.4, 0.5) is 0 Å². The van der Waals surface area contributed by atoms with Crippen LogP contribution in [0.15, 0.2) is 0 Å². The van der Waals surface area contributed by atoms with E-state index in [1.54, 1.807) is 13.8 Å². The summed E-state index contributed by atoms with van der Waals surface area (Å²) in [6.07, 6.45) is 3.55. The van der Waals surface area contributed by atoms with Crippen molar-refractivity contribution in [2.24, 2.45) is 58.2 Å². The van der Waals surface area contributed by atoms with Gasteiger partial charge in [0, 0.05) is 4.11 Å². The quantitative estimate of drug-likeness (QED) is 0.521. The van der Waals surface area contributed by atoms with Gasteiger partial charge in [-0.2, -0.15) is 0 Å². The van der Waals surface area contributed by atoms with E-state index in [0.717, 1.165) is 38.5 Å². The highest BCUT2D eigenvalue weighted by Gasteiger charge is 2.62. The maximum absolute atomic E-state index is 13.0. The molecule has 0 radical (unpaired) electrons. The molecule has 4 fully saturated rings. The van der Waals surface area contributed by atoms with E-state index in [0.29, 0.717) is 24.9 Å². The van der Waals surface area contributed by atoms with E-state index in [9.17, 15) is 20.1 Å². The number of ether oxygens (including phenoxy) is 1. The first-order chi connectivity index (χ1) is 16.6. The summed E-state index contributed by atoms with van der Waals surface area (Å²) >= 11 is 0. The minimum absolute atomic E-state index is 0.0308. The third-order valence-corrected chi connectivity index (χ3v) is 11.2. The lowest BCUT2D eigenvalue weighted by atomic mass is 9.48. The zero-order valence-electron chi connectivity index (χ0n) is 24.2. The second-order valence-corrected chi connectivity index (χ2v) is 12.7. The third kappa shape index (κ3) is 4.08. The van der Waals surface area contributed by atoms with Gasteiger partial charge in [-0.1, -0.05) is 41.5 Å². The van der Waals surface area contributed by atoms with Crippen LogP contribution in [0.2, 0.25) is 0 Å². The molecule has 1 aliphatic heterocycles. The van der Waals surface area contributed by atoms with Crippen LogP contribution in [-0.2, 0) is 9.53 Å². The highest BCUT2D eigenvalue weighted by molar-refractivity contribution is 5.74. The van der Waals surface area contributed by atoms with Gasteiger partial charge in [0.2, 0.25) is 0 Å². The van der Waals surface area contributed by atoms with Crippen LogP contribution in [0, 0.1) is 58.2 Å². The van der Waals surface area contributed by atoms with Crippen LogP contribution >= 0.6 is 0 Å². The molecule has 3 saturated carbocycles. The van der Waals surface area contributed by atoms with Crippen LogP contribution in [-0.4, -0.2) is 46.2 Å². The lowest BCUT2D eigenvalue weighted by Gasteiger charge is -2.55.